The summed E-state index contributed by atoms with van der Waals surface area (Å²) in [4.78, 5) is 24.3. The van der Waals surface area contributed by atoms with E-state index in [2.05, 4.69) is 17.1 Å². The molecule has 1 unspecified atom stereocenters. The van der Waals surface area contributed by atoms with Gasteiger partial charge in [-0.15, -0.1) is 34.4 Å². The molecule has 0 spiro atoms. The van der Waals surface area contributed by atoms with Crippen LogP contribution in [0.1, 0.15) is 28.9 Å². The molecule has 1 saturated heterocycles. The smallest absolute Gasteiger partial charge is 0.233 e. The van der Waals surface area contributed by atoms with Crippen LogP contribution in [0.2, 0.25) is 0 Å². The lowest BCUT2D eigenvalue weighted by Crippen LogP contribution is -2.31. The SMILES string of the molecule is O=C(CSCc1nc2ccccc2s1)N1CCCC1c1nc2ccccc2s1. The first-order chi connectivity index (χ1) is 13.8. The molecule has 0 aliphatic carbocycles. The summed E-state index contributed by atoms with van der Waals surface area (Å²) in [5, 5.41) is 2.16. The molecule has 0 saturated carbocycles. The third-order valence-electron chi connectivity index (χ3n) is 4.96. The molecule has 1 fully saturated rings. The van der Waals surface area contributed by atoms with Crippen molar-refractivity contribution in [1.29, 1.82) is 0 Å². The van der Waals surface area contributed by atoms with Crippen LogP contribution in [0, 0.1) is 0 Å². The molecule has 0 N–H and O–H groups in total. The Morgan fingerprint density at radius 2 is 1.75 bits per heavy atom. The van der Waals surface area contributed by atoms with Gasteiger partial charge in [-0.2, -0.15) is 0 Å². The number of hydrogen-bond acceptors (Lipinski definition) is 6. The summed E-state index contributed by atoms with van der Waals surface area (Å²) in [7, 11) is 0. The number of amides is 1. The number of fused-ring (bicyclic) bond motifs is 2. The molecular formula is C21H19N3OS3. The van der Waals surface area contributed by atoms with Crippen LogP contribution in [0.4, 0.5) is 0 Å². The number of thioether (sulfide) groups is 1. The van der Waals surface area contributed by atoms with Gasteiger partial charge in [-0.1, -0.05) is 24.3 Å². The Balaban J connectivity index is 1.24. The zero-order chi connectivity index (χ0) is 18.9. The highest BCUT2D eigenvalue weighted by Gasteiger charge is 2.32. The van der Waals surface area contributed by atoms with Crippen molar-refractivity contribution in [3.63, 3.8) is 0 Å². The highest BCUT2D eigenvalue weighted by molar-refractivity contribution is 7.99. The van der Waals surface area contributed by atoms with E-state index < -0.39 is 0 Å². The predicted octanol–water partition coefficient (Wildman–Crippen LogP) is 5.50. The number of nitrogens with zero attached hydrogens (tertiary/aromatic N) is 3. The van der Waals surface area contributed by atoms with Gasteiger partial charge in [0.05, 0.1) is 32.2 Å². The van der Waals surface area contributed by atoms with Crippen LogP contribution >= 0.6 is 34.4 Å². The highest BCUT2D eigenvalue weighted by atomic mass is 32.2. The summed E-state index contributed by atoms with van der Waals surface area (Å²) < 4.78 is 2.40. The maximum atomic E-state index is 12.9. The number of rotatable bonds is 5. The first-order valence-electron chi connectivity index (χ1n) is 9.35. The van der Waals surface area contributed by atoms with E-state index in [1.165, 1.54) is 9.40 Å². The number of hydrogen-bond donors (Lipinski definition) is 0. The summed E-state index contributed by atoms with van der Waals surface area (Å²) in [6, 6.07) is 16.5. The second-order valence-electron chi connectivity index (χ2n) is 6.83. The molecule has 4 aromatic rings. The molecule has 2 aromatic carbocycles. The minimum atomic E-state index is 0.132. The van der Waals surface area contributed by atoms with Crippen LogP contribution in [0.5, 0.6) is 0 Å². The lowest BCUT2D eigenvalue weighted by atomic mass is 10.2. The van der Waals surface area contributed by atoms with Crippen LogP contribution < -0.4 is 0 Å². The quantitative estimate of drug-likeness (QED) is 0.423. The molecule has 4 nitrogen and oxygen atoms in total. The van der Waals surface area contributed by atoms with Crippen molar-refractivity contribution < 1.29 is 4.79 Å². The molecule has 0 bridgehead atoms. The van der Waals surface area contributed by atoms with Gasteiger partial charge < -0.3 is 4.90 Å². The van der Waals surface area contributed by atoms with Crippen LogP contribution in [0.3, 0.4) is 0 Å². The normalized spacial score (nSPS) is 17.0. The minimum Gasteiger partial charge on any atom is -0.333 e. The Labute approximate surface area is 175 Å². The molecule has 28 heavy (non-hydrogen) atoms. The van der Waals surface area contributed by atoms with Crippen LogP contribution in [0.25, 0.3) is 20.4 Å². The van der Waals surface area contributed by atoms with Crippen molar-refractivity contribution in [3.8, 4) is 0 Å². The zero-order valence-corrected chi connectivity index (χ0v) is 17.7. The van der Waals surface area contributed by atoms with Crippen LogP contribution in [0.15, 0.2) is 48.5 Å². The molecule has 7 heteroatoms. The van der Waals surface area contributed by atoms with Gasteiger partial charge in [0.1, 0.15) is 10.0 Å². The standard InChI is InChI=1S/C21H19N3OS3/c25-20(13-26-12-19-22-14-6-1-3-9-17(14)27-19)24-11-5-8-16(24)21-23-15-7-2-4-10-18(15)28-21/h1-4,6-7,9-10,16H,5,8,11-13H2. The molecule has 142 valence electrons. The lowest BCUT2D eigenvalue weighted by Gasteiger charge is -2.22. The summed E-state index contributed by atoms with van der Waals surface area (Å²) in [5.41, 5.74) is 2.08. The minimum absolute atomic E-state index is 0.132. The third kappa shape index (κ3) is 3.54. The Bertz CT molecular complexity index is 1070. The average molecular weight is 426 g/mol. The van der Waals surface area contributed by atoms with Gasteiger partial charge in [0, 0.05) is 12.3 Å². The fraction of sp³-hybridized carbons (Fsp3) is 0.286. The van der Waals surface area contributed by atoms with E-state index >= 15 is 0 Å². The molecule has 1 aliphatic rings. The molecule has 1 atom stereocenters. The van der Waals surface area contributed by atoms with Gasteiger partial charge in [-0.25, -0.2) is 9.97 Å². The summed E-state index contributed by atoms with van der Waals surface area (Å²) in [6.45, 7) is 0.834. The van der Waals surface area contributed by atoms with Gasteiger partial charge in [-0.05, 0) is 37.1 Å². The van der Waals surface area contributed by atoms with Crippen LogP contribution in [-0.4, -0.2) is 33.1 Å². The predicted molar refractivity (Wildman–Crippen MR) is 119 cm³/mol. The van der Waals surface area contributed by atoms with Crippen LogP contribution in [-0.2, 0) is 10.5 Å². The first kappa shape index (κ1) is 18.1. The Kier molecular flexibility index (Phi) is 5.05. The number of aromatic nitrogens is 2. The van der Waals surface area contributed by atoms with E-state index in [0.29, 0.717) is 5.75 Å². The summed E-state index contributed by atoms with van der Waals surface area (Å²) in [5.74, 6) is 1.50. The molecule has 5 rings (SSSR count). The maximum absolute atomic E-state index is 12.9. The van der Waals surface area contributed by atoms with Gasteiger partial charge in [-0.3, -0.25) is 4.79 Å². The molecular weight excluding hydrogens is 406 g/mol. The van der Waals surface area contributed by atoms with Crippen molar-refractivity contribution in [2.24, 2.45) is 0 Å². The van der Waals surface area contributed by atoms with Crippen molar-refractivity contribution in [2.45, 2.75) is 24.6 Å². The third-order valence-corrected chi connectivity index (χ3v) is 8.24. The van der Waals surface area contributed by atoms with Gasteiger partial charge in [0.15, 0.2) is 0 Å². The fourth-order valence-corrected chi connectivity index (χ4v) is 6.69. The summed E-state index contributed by atoms with van der Waals surface area (Å²) in [6.07, 6.45) is 2.06. The second kappa shape index (κ2) is 7.81. The highest BCUT2D eigenvalue weighted by Crippen LogP contribution is 2.37. The van der Waals surface area contributed by atoms with E-state index in [1.807, 2.05) is 41.3 Å². The fourth-order valence-electron chi connectivity index (χ4n) is 3.64. The Morgan fingerprint density at radius 3 is 2.50 bits per heavy atom. The average Bonchev–Trinajstić information content (AvgIpc) is 3.43. The number of likely N-dealkylation sites (tertiary alicyclic amines) is 1. The van der Waals surface area contributed by atoms with Gasteiger partial charge in [0.2, 0.25) is 5.91 Å². The zero-order valence-electron chi connectivity index (χ0n) is 15.2. The molecule has 2 aromatic heterocycles. The van der Waals surface area contributed by atoms with E-state index in [-0.39, 0.29) is 11.9 Å². The number of thiazole rings is 2. The van der Waals surface area contributed by atoms with Crippen molar-refractivity contribution in [2.75, 3.05) is 12.3 Å². The number of para-hydroxylation sites is 2. The molecule has 1 aliphatic heterocycles. The molecule has 0 radical (unpaired) electrons. The second-order valence-corrected chi connectivity index (χ2v) is 10.00. The van der Waals surface area contributed by atoms with Gasteiger partial charge in [0.25, 0.3) is 0 Å². The van der Waals surface area contributed by atoms with E-state index in [1.54, 1.807) is 34.4 Å². The summed E-state index contributed by atoms with van der Waals surface area (Å²) >= 11 is 5.09. The largest absolute Gasteiger partial charge is 0.333 e. The Hall–Kier alpha value is -1.96. The number of carbonyl (C=O) groups is 1. The van der Waals surface area contributed by atoms with E-state index in [9.17, 15) is 4.79 Å². The number of carbonyl (C=O) groups excluding carboxylic acids is 1. The Morgan fingerprint density at radius 1 is 1.04 bits per heavy atom. The van der Waals surface area contributed by atoms with Gasteiger partial charge >= 0.3 is 0 Å². The van der Waals surface area contributed by atoms with E-state index in [0.717, 1.165) is 46.2 Å². The molecule has 3 heterocycles. The van der Waals surface area contributed by atoms with Crippen molar-refractivity contribution >= 4 is 60.8 Å². The topological polar surface area (TPSA) is 46.1 Å². The first-order valence-corrected chi connectivity index (χ1v) is 12.1. The van der Waals surface area contributed by atoms with Crippen molar-refractivity contribution in [1.82, 2.24) is 14.9 Å². The van der Waals surface area contributed by atoms with E-state index in [4.69, 9.17) is 4.98 Å². The lowest BCUT2D eigenvalue weighted by molar-refractivity contribution is -0.129. The molecule has 1 amide bonds. The van der Waals surface area contributed by atoms with Crippen molar-refractivity contribution in [3.05, 3.63) is 58.5 Å². The monoisotopic (exact) mass is 425 g/mol. The number of benzene rings is 2. The maximum Gasteiger partial charge on any atom is 0.233 e.